The average molecular weight is 203 g/mol. The van der Waals surface area contributed by atoms with Crippen molar-refractivity contribution in [1.82, 2.24) is 4.90 Å². The van der Waals surface area contributed by atoms with Crippen LogP contribution in [0.5, 0.6) is 0 Å². The quantitative estimate of drug-likeness (QED) is 0.641. The van der Waals surface area contributed by atoms with Gasteiger partial charge in [0, 0.05) is 12.4 Å². The van der Waals surface area contributed by atoms with Crippen LogP contribution in [0.25, 0.3) is 0 Å². The van der Waals surface area contributed by atoms with Crippen LogP contribution in [0.15, 0.2) is 0 Å². The Bertz CT molecular complexity index is 182. The third kappa shape index (κ3) is 2.45. The minimum absolute atomic E-state index is 0.0477. The highest BCUT2D eigenvalue weighted by molar-refractivity contribution is 6.42. The summed E-state index contributed by atoms with van der Waals surface area (Å²) in [6.07, 6.45) is 2.09. The molecule has 2 saturated heterocycles. The summed E-state index contributed by atoms with van der Waals surface area (Å²) in [4.78, 5) is 1.88. The third-order valence-corrected chi connectivity index (χ3v) is 3.36. The summed E-state index contributed by atoms with van der Waals surface area (Å²) in [6, 6.07) is 0. The van der Waals surface area contributed by atoms with Gasteiger partial charge in [0.05, 0.1) is 13.2 Å². The molecule has 0 atom stereocenters. The molecule has 2 rings (SSSR count). The van der Waals surface area contributed by atoms with Gasteiger partial charge in [-0.1, -0.05) is 0 Å². The van der Waals surface area contributed by atoms with Crippen LogP contribution in [-0.4, -0.2) is 44.9 Å². The molecule has 2 aliphatic heterocycles. The molecular formula is C9H16BF2NO. The van der Waals surface area contributed by atoms with Gasteiger partial charge >= 0.3 is 7.27 Å². The monoisotopic (exact) mass is 203 g/mol. The van der Waals surface area contributed by atoms with Crippen molar-refractivity contribution in [2.24, 2.45) is 11.8 Å². The fourth-order valence-electron chi connectivity index (χ4n) is 2.33. The zero-order chi connectivity index (χ0) is 9.97. The van der Waals surface area contributed by atoms with Gasteiger partial charge in [0.25, 0.3) is 0 Å². The van der Waals surface area contributed by atoms with Gasteiger partial charge < -0.3 is 9.64 Å². The summed E-state index contributed by atoms with van der Waals surface area (Å²) in [7, 11) is -2.18. The normalized spacial score (nSPS) is 26.1. The maximum atomic E-state index is 12.1. The molecule has 5 heteroatoms. The zero-order valence-corrected chi connectivity index (χ0v) is 8.29. The van der Waals surface area contributed by atoms with E-state index in [4.69, 9.17) is 4.74 Å². The van der Waals surface area contributed by atoms with Gasteiger partial charge in [0.15, 0.2) is 0 Å². The highest BCUT2D eigenvalue weighted by Gasteiger charge is 2.32. The molecule has 0 N–H and O–H groups in total. The van der Waals surface area contributed by atoms with E-state index in [1.54, 1.807) is 0 Å². The van der Waals surface area contributed by atoms with Gasteiger partial charge in [0.2, 0.25) is 0 Å². The van der Waals surface area contributed by atoms with Crippen LogP contribution in [0.4, 0.5) is 8.63 Å². The molecule has 2 fully saturated rings. The van der Waals surface area contributed by atoms with Crippen molar-refractivity contribution in [3.63, 3.8) is 0 Å². The van der Waals surface area contributed by atoms with Gasteiger partial charge in [-0.05, 0) is 31.8 Å². The van der Waals surface area contributed by atoms with Crippen molar-refractivity contribution in [2.45, 2.75) is 12.8 Å². The van der Waals surface area contributed by atoms with E-state index < -0.39 is 7.27 Å². The summed E-state index contributed by atoms with van der Waals surface area (Å²) >= 11 is 0. The van der Waals surface area contributed by atoms with Crippen LogP contribution >= 0.6 is 0 Å². The van der Waals surface area contributed by atoms with Crippen LogP contribution < -0.4 is 0 Å². The molecule has 0 aromatic rings. The molecule has 80 valence electrons. The van der Waals surface area contributed by atoms with Gasteiger partial charge in [-0.2, -0.15) is 0 Å². The SMILES string of the molecule is FB(F)CN1CCC(C2COC2)CC1. The Balaban J connectivity index is 1.69. The summed E-state index contributed by atoms with van der Waals surface area (Å²) in [6.45, 7) is 3.45. The predicted octanol–water partition coefficient (Wildman–Crippen LogP) is 1.31. The van der Waals surface area contributed by atoms with E-state index in [0.717, 1.165) is 45.1 Å². The summed E-state index contributed by atoms with van der Waals surface area (Å²) < 4.78 is 29.3. The molecule has 2 heterocycles. The van der Waals surface area contributed by atoms with Crippen molar-refractivity contribution in [3.05, 3.63) is 0 Å². The van der Waals surface area contributed by atoms with E-state index in [1.165, 1.54) is 0 Å². The topological polar surface area (TPSA) is 12.5 Å². The molecule has 2 aliphatic rings. The van der Waals surface area contributed by atoms with Crippen molar-refractivity contribution < 1.29 is 13.4 Å². The molecule has 0 unspecified atom stereocenters. The second-order valence-electron chi connectivity index (χ2n) is 4.33. The highest BCUT2D eigenvalue weighted by Crippen LogP contribution is 2.29. The number of nitrogens with zero attached hydrogens (tertiary/aromatic N) is 1. The maximum absolute atomic E-state index is 12.1. The molecule has 0 amide bonds. The number of hydrogen-bond acceptors (Lipinski definition) is 2. The summed E-state index contributed by atoms with van der Waals surface area (Å²) in [5.74, 6) is 1.43. The Morgan fingerprint density at radius 1 is 1.14 bits per heavy atom. The van der Waals surface area contributed by atoms with Crippen molar-refractivity contribution in [1.29, 1.82) is 0 Å². The Kier molecular flexibility index (Phi) is 3.39. The number of likely N-dealkylation sites (tertiary alicyclic amines) is 1. The number of rotatable bonds is 3. The number of halogens is 2. The zero-order valence-electron chi connectivity index (χ0n) is 8.29. The second kappa shape index (κ2) is 4.58. The van der Waals surface area contributed by atoms with Crippen molar-refractivity contribution in [2.75, 3.05) is 32.7 Å². The summed E-state index contributed by atoms with van der Waals surface area (Å²) in [5.41, 5.74) is 0. The Labute approximate surface area is 83.8 Å². The summed E-state index contributed by atoms with van der Waals surface area (Å²) in [5, 5.41) is 0. The molecule has 14 heavy (non-hydrogen) atoms. The molecule has 0 bridgehead atoms. The lowest BCUT2D eigenvalue weighted by Crippen LogP contribution is -2.43. The van der Waals surface area contributed by atoms with Crippen LogP contribution in [0, 0.1) is 11.8 Å². The van der Waals surface area contributed by atoms with Crippen molar-refractivity contribution >= 4 is 7.27 Å². The minimum Gasteiger partial charge on any atom is -0.381 e. The van der Waals surface area contributed by atoms with E-state index in [9.17, 15) is 8.63 Å². The lowest BCUT2D eigenvalue weighted by Gasteiger charge is -2.39. The lowest BCUT2D eigenvalue weighted by molar-refractivity contribution is -0.0716. The number of hydrogen-bond donors (Lipinski definition) is 0. The van der Waals surface area contributed by atoms with Gasteiger partial charge in [-0.25, -0.2) is 0 Å². The Morgan fingerprint density at radius 3 is 2.21 bits per heavy atom. The third-order valence-electron chi connectivity index (χ3n) is 3.36. The molecular weight excluding hydrogens is 187 g/mol. The first kappa shape index (κ1) is 10.4. The standard InChI is InChI=1S/C9H16BF2NO/c11-10(12)7-13-3-1-8(2-4-13)9-5-14-6-9/h8-9H,1-7H2. The second-order valence-corrected chi connectivity index (χ2v) is 4.33. The van der Waals surface area contributed by atoms with Gasteiger partial charge in [0.1, 0.15) is 0 Å². The lowest BCUT2D eigenvalue weighted by atomic mass is 9.82. The van der Waals surface area contributed by atoms with Crippen LogP contribution in [0.3, 0.4) is 0 Å². The predicted molar refractivity (Wildman–Crippen MR) is 51.4 cm³/mol. The Morgan fingerprint density at radius 2 is 1.79 bits per heavy atom. The minimum atomic E-state index is -2.18. The molecule has 0 aromatic heterocycles. The smallest absolute Gasteiger partial charge is 0.381 e. The van der Waals surface area contributed by atoms with Crippen molar-refractivity contribution in [3.8, 4) is 0 Å². The highest BCUT2D eigenvalue weighted by atomic mass is 19.2. The fourth-order valence-corrected chi connectivity index (χ4v) is 2.33. The largest absolute Gasteiger partial charge is 0.551 e. The van der Waals surface area contributed by atoms with E-state index in [-0.39, 0.29) is 6.44 Å². The van der Waals surface area contributed by atoms with E-state index in [0.29, 0.717) is 5.92 Å². The maximum Gasteiger partial charge on any atom is 0.551 e. The number of piperidine rings is 1. The first-order chi connectivity index (χ1) is 6.75. The van der Waals surface area contributed by atoms with E-state index in [1.807, 2.05) is 4.90 Å². The fraction of sp³-hybridized carbons (Fsp3) is 1.00. The van der Waals surface area contributed by atoms with Crippen LogP contribution in [-0.2, 0) is 4.74 Å². The van der Waals surface area contributed by atoms with Gasteiger partial charge in [-0.3, -0.25) is 8.63 Å². The molecule has 0 saturated carbocycles. The molecule has 0 spiro atoms. The van der Waals surface area contributed by atoms with Crippen LogP contribution in [0.1, 0.15) is 12.8 Å². The van der Waals surface area contributed by atoms with E-state index >= 15 is 0 Å². The molecule has 0 aliphatic carbocycles. The molecule has 0 radical (unpaired) electrons. The Hall–Kier alpha value is -0.155. The first-order valence-electron chi connectivity index (χ1n) is 5.34. The number of ether oxygens (including phenoxy) is 1. The van der Waals surface area contributed by atoms with Gasteiger partial charge in [-0.15, -0.1) is 0 Å². The molecule has 0 aromatic carbocycles. The average Bonchev–Trinajstić information content (AvgIpc) is 2.04. The first-order valence-corrected chi connectivity index (χ1v) is 5.34. The molecule has 2 nitrogen and oxygen atoms in total. The van der Waals surface area contributed by atoms with Crippen LogP contribution in [0.2, 0.25) is 0 Å². The van der Waals surface area contributed by atoms with E-state index in [2.05, 4.69) is 0 Å².